The molecule has 3 rings (SSSR count). The number of pyridine rings is 1. The highest BCUT2D eigenvalue weighted by atomic mass is 16.5. The van der Waals surface area contributed by atoms with E-state index in [0.717, 1.165) is 26.1 Å². The predicted molar refractivity (Wildman–Crippen MR) is 83.3 cm³/mol. The maximum atomic E-state index is 12.0. The molecule has 2 aromatic heterocycles. The molecule has 7 nitrogen and oxygen atoms in total. The zero-order valence-electron chi connectivity index (χ0n) is 13.5. The van der Waals surface area contributed by atoms with E-state index in [-0.39, 0.29) is 11.9 Å². The Bertz CT molecular complexity index is 658. The fourth-order valence-electron chi connectivity index (χ4n) is 2.97. The molecule has 1 unspecified atom stereocenters. The van der Waals surface area contributed by atoms with Gasteiger partial charge in [-0.05, 0) is 25.0 Å². The Balaban J connectivity index is 1.73. The Hall–Kier alpha value is -2.28. The normalized spacial score (nSPS) is 19.6. The largest absolute Gasteiger partial charge is 0.337 e. The lowest BCUT2D eigenvalue weighted by molar-refractivity contribution is -0.131. The van der Waals surface area contributed by atoms with Crippen LogP contribution >= 0.6 is 0 Å². The third kappa shape index (κ3) is 3.73. The minimum atomic E-state index is -0.146. The molecule has 0 spiro atoms. The molecule has 23 heavy (non-hydrogen) atoms. The minimum absolute atomic E-state index is 0.0362. The fraction of sp³-hybridized carbons (Fsp3) is 0.500. The Morgan fingerprint density at radius 1 is 1.39 bits per heavy atom. The molecule has 1 amide bonds. The Labute approximate surface area is 135 Å². The second-order valence-corrected chi connectivity index (χ2v) is 5.83. The second kappa shape index (κ2) is 6.87. The fourth-order valence-corrected chi connectivity index (χ4v) is 2.97. The minimum Gasteiger partial charge on any atom is -0.337 e. The topological polar surface area (TPSA) is 75.4 Å². The van der Waals surface area contributed by atoms with Crippen LogP contribution in [0.15, 0.2) is 29.0 Å². The summed E-state index contributed by atoms with van der Waals surface area (Å²) in [6.07, 6.45) is 4.44. The molecule has 122 valence electrons. The van der Waals surface area contributed by atoms with Gasteiger partial charge in [0.25, 0.3) is 0 Å². The number of carbonyl (C=O) groups excluding carboxylic acids is 1. The summed E-state index contributed by atoms with van der Waals surface area (Å²) in [6, 6.07) is 3.87. The van der Waals surface area contributed by atoms with Gasteiger partial charge < -0.3 is 9.42 Å². The van der Waals surface area contributed by atoms with Crippen molar-refractivity contribution in [1.82, 2.24) is 24.9 Å². The molecule has 0 saturated carbocycles. The van der Waals surface area contributed by atoms with Crippen molar-refractivity contribution in [3.63, 3.8) is 0 Å². The van der Waals surface area contributed by atoms with Crippen LogP contribution in [-0.4, -0.2) is 50.5 Å². The van der Waals surface area contributed by atoms with Gasteiger partial charge in [0.1, 0.15) is 6.04 Å². The first-order chi connectivity index (χ1) is 11.1. The summed E-state index contributed by atoms with van der Waals surface area (Å²) in [5.41, 5.74) is 1.17. The number of nitrogens with zero attached hydrogens (tertiary/aromatic N) is 5. The molecule has 0 aliphatic carbocycles. The van der Waals surface area contributed by atoms with Crippen molar-refractivity contribution in [2.45, 2.75) is 32.9 Å². The van der Waals surface area contributed by atoms with Gasteiger partial charge in [0.15, 0.2) is 5.82 Å². The summed E-state index contributed by atoms with van der Waals surface area (Å²) < 4.78 is 5.31. The lowest BCUT2D eigenvalue weighted by Crippen LogP contribution is -2.35. The average Bonchev–Trinajstić information content (AvgIpc) is 2.85. The van der Waals surface area contributed by atoms with Gasteiger partial charge in [-0.2, -0.15) is 4.98 Å². The third-order valence-electron chi connectivity index (χ3n) is 4.11. The summed E-state index contributed by atoms with van der Waals surface area (Å²) in [5, 5.41) is 3.86. The first-order valence-corrected chi connectivity index (χ1v) is 7.82. The van der Waals surface area contributed by atoms with Crippen LogP contribution in [0.3, 0.4) is 0 Å². The van der Waals surface area contributed by atoms with Crippen molar-refractivity contribution in [1.29, 1.82) is 0 Å². The van der Waals surface area contributed by atoms with Gasteiger partial charge in [0.05, 0.1) is 0 Å². The highest BCUT2D eigenvalue weighted by Gasteiger charge is 2.31. The first kappa shape index (κ1) is 15.6. The van der Waals surface area contributed by atoms with E-state index in [1.54, 1.807) is 20.0 Å². The summed E-state index contributed by atoms with van der Waals surface area (Å²) >= 11 is 0. The molecule has 2 aromatic rings. The quantitative estimate of drug-likeness (QED) is 0.856. The van der Waals surface area contributed by atoms with Crippen LogP contribution in [0.5, 0.6) is 0 Å². The van der Waals surface area contributed by atoms with Crippen LogP contribution in [0, 0.1) is 6.92 Å². The van der Waals surface area contributed by atoms with Crippen molar-refractivity contribution in [2.75, 3.05) is 19.6 Å². The van der Waals surface area contributed by atoms with E-state index in [4.69, 9.17) is 4.52 Å². The van der Waals surface area contributed by atoms with Crippen LogP contribution in [0.1, 0.15) is 36.7 Å². The van der Waals surface area contributed by atoms with Crippen molar-refractivity contribution in [3.05, 3.63) is 41.8 Å². The molecule has 0 bridgehead atoms. The van der Waals surface area contributed by atoms with Crippen LogP contribution < -0.4 is 0 Å². The number of rotatable bonds is 3. The van der Waals surface area contributed by atoms with E-state index in [9.17, 15) is 4.79 Å². The summed E-state index contributed by atoms with van der Waals surface area (Å²) in [7, 11) is 0. The Morgan fingerprint density at radius 3 is 2.91 bits per heavy atom. The van der Waals surface area contributed by atoms with Gasteiger partial charge in [-0.1, -0.05) is 11.2 Å². The highest BCUT2D eigenvalue weighted by Crippen LogP contribution is 2.26. The van der Waals surface area contributed by atoms with Crippen LogP contribution in [0.25, 0.3) is 0 Å². The third-order valence-corrected chi connectivity index (χ3v) is 4.11. The van der Waals surface area contributed by atoms with Gasteiger partial charge in [-0.3, -0.25) is 14.7 Å². The van der Waals surface area contributed by atoms with E-state index in [2.05, 4.69) is 26.1 Å². The molecular weight excluding hydrogens is 294 g/mol. The van der Waals surface area contributed by atoms with E-state index in [1.807, 2.05) is 17.2 Å². The smallest absolute Gasteiger partial charge is 0.249 e. The standard InChI is InChI=1S/C16H21N5O2/c1-12-18-16(23-19-12)15-5-7-20(8-9-21(15)13(2)22)11-14-4-3-6-17-10-14/h3-4,6,10,15H,5,7-9,11H2,1-2H3. The predicted octanol–water partition coefficient (Wildman–Crippen LogP) is 1.57. The highest BCUT2D eigenvalue weighted by molar-refractivity contribution is 5.73. The van der Waals surface area contributed by atoms with E-state index in [1.165, 1.54) is 5.56 Å². The van der Waals surface area contributed by atoms with Crippen molar-refractivity contribution < 1.29 is 9.32 Å². The summed E-state index contributed by atoms with van der Waals surface area (Å²) in [6.45, 7) is 6.54. The lowest BCUT2D eigenvalue weighted by atomic mass is 10.1. The zero-order valence-corrected chi connectivity index (χ0v) is 13.5. The molecule has 1 atom stereocenters. The Morgan fingerprint density at radius 2 is 2.26 bits per heavy atom. The molecule has 3 heterocycles. The lowest BCUT2D eigenvalue weighted by Gasteiger charge is -2.25. The Kier molecular flexibility index (Phi) is 4.66. The number of carbonyl (C=O) groups is 1. The monoisotopic (exact) mass is 315 g/mol. The SMILES string of the molecule is CC(=O)N1CCN(Cc2cccnc2)CCC1c1nc(C)no1. The number of aryl methyl sites for hydroxylation is 1. The number of aromatic nitrogens is 3. The summed E-state index contributed by atoms with van der Waals surface area (Å²) in [4.78, 5) is 24.6. The molecule has 0 aromatic carbocycles. The van der Waals surface area contributed by atoms with Gasteiger partial charge in [0, 0.05) is 45.5 Å². The van der Waals surface area contributed by atoms with Crippen LogP contribution in [-0.2, 0) is 11.3 Å². The van der Waals surface area contributed by atoms with Crippen molar-refractivity contribution in [3.8, 4) is 0 Å². The van der Waals surface area contributed by atoms with Gasteiger partial charge in [-0.25, -0.2) is 0 Å². The van der Waals surface area contributed by atoms with E-state index < -0.39 is 0 Å². The van der Waals surface area contributed by atoms with Gasteiger partial charge >= 0.3 is 0 Å². The molecule has 0 N–H and O–H groups in total. The van der Waals surface area contributed by atoms with E-state index >= 15 is 0 Å². The number of hydrogen-bond acceptors (Lipinski definition) is 6. The second-order valence-electron chi connectivity index (χ2n) is 5.83. The molecular formula is C16H21N5O2. The summed E-state index contributed by atoms with van der Waals surface area (Å²) in [5.74, 6) is 1.16. The van der Waals surface area contributed by atoms with Crippen molar-refractivity contribution >= 4 is 5.91 Å². The number of amides is 1. The molecule has 1 aliphatic rings. The first-order valence-electron chi connectivity index (χ1n) is 7.82. The average molecular weight is 315 g/mol. The van der Waals surface area contributed by atoms with Gasteiger partial charge in [0.2, 0.25) is 11.8 Å². The van der Waals surface area contributed by atoms with Gasteiger partial charge in [-0.15, -0.1) is 0 Å². The molecule has 1 fully saturated rings. The molecule has 1 aliphatic heterocycles. The van der Waals surface area contributed by atoms with Crippen LogP contribution in [0.2, 0.25) is 0 Å². The van der Waals surface area contributed by atoms with E-state index in [0.29, 0.717) is 18.3 Å². The maximum Gasteiger partial charge on any atom is 0.249 e. The number of hydrogen-bond donors (Lipinski definition) is 0. The van der Waals surface area contributed by atoms with Crippen molar-refractivity contribution in [2.24, 2.45) is 0 Å². The molecule has 7 heteroatoms. The zero-order chi connectivity index (χ0) is 16.2. The maximum absolute atomic E-state index is 12.0. The molecule has 1 saturated heterocycles. The van der Waals surface area contributed by atoms with Crippen LogP contribution in [0.4, 0.5) is 0 Å². The molecule has 0 radical (unpaired) electrons.